The van der Waals surface area contributed by atoms with Crippen LogP contribution in [0.3, 0.4) is 0 Å². The van der Waals surface area contributed by atoms with E-state index in [1.165, 1.54) is 0 Å². The Kier molecular flexibility index (Phi) is 5.46. The van der Waals surface area contributed by atoms with Crippen LogP contribution in [0.1, 0.15) is 37.7 Å². The van der Waals surface area contributed by atoms with Gasteiger partial charge >= 0.3 is 5.97 Å². The maximum absolute atomic E-state index is 13.5. The van der Waals surface area contributed by atoms with Gasteiger partial charge in [0.25, 0.3) is 0 Å². The molecule has 1 aromatic carbocycles. The Bertz CT molecular complexity index is 562. The smallest absolute Gasteiger partial charge is 0.308 e. The van der Waals surface area contributed by atoms with Crippen molar-refractivity contribution in [3.05, 3.63) is 35.4 Å². The lowest BCUT2D eigenvalue weighted by atomic mass is 9.94. The van der Waals surface area contributed by atoms with Gasteiger partial charge in [-0.15, -0.1) is 0 Å². The molecule has 1 amide bonds. The van der Waals surface area contributed by atoms with Gasteiger partial charge in [-0.2, -0.15) is 0 Å². The highest BCUT2D eigenvalue weighted by Crippen LogP contribution is 2.24. The van der Waals surface area contributed by atoms with E-state index in [-0.39, 0.29) is 12.0 Å². The number of amides is 1. The van der Waals surface area contributed by atoms with Crippen molar-refractivity contribution >= 4 is 11.9 Å². The Labute approximate surface area is 127 Å². The molecule has 0 radical (unpaired) electrons. The molecule has 1 saturated carbocycles. The van der Waals surface area contributed by atoms with Crippen LogP contribution >= 0.6 is 0 Å². The van der Waals surface area contributed by atoms with Crippen molar-refractivity contribution in [1.29, 1.82) is 0 Å². The molecule has 1 aliphatic rings. The molecule has 0 spiro atoms. The first kappa shape index (κ1) is 16.4. The molecule has 1 aromatic rings. The zero-order chi connectivity index (χ0) is 16.1. The van der Waals surface area contributed by atoms with Crippen molar-refractivity contribution in [2.45, 2.75) is 44.6 Å². The molecule has 1 fully saturated rings. The predicted molar refractivity (Wildman–Crippen MR) is 76.2 cm³/mol. The summed E-state index contributed by atoms with van der Waals surface area (Å²) in [6, 6.07) is 2.49. The molecule has 2 N–H and O–H groups in total. The summed E-state index contributed by atoms with van der Waals surface area (Å²) < 4.78 is 26.6. The Morgan fingerprint density at radius 1 is 1.18 bits per heavy atom. The summed E-state index contributed by atoms with van der Waals surface area (Å²) >= 11 is 0. The van der Waals surface area contributed by atoms with Crippen LogP contribution in [0.25, 0.3) is 0 Å². The lowest BCUT2D eigenvalue weighted by Crippen LogP contribution is -2.43. The Morgan fingerprint density at radius 2 is 1.91 bits per heavy atom. The number of carboxylic acid groups (broad SMARTS) is 1. The molecule has 0 unspecified atom stereocenters. The standard InChI is InChI=1S/C16H19F2NO3/c17-11-6-7-13(18)10(8-11)9-15(20)19-14-5-3-1-2-4-12(14)16(21)22/h6-8,12,14H,1-5,9H2,(H,19,20)(H,21,22)/t12-,14+/m0/s1. The minimum atomic E-state index is -0.927. The normalized spacial score (nSPS) is 21.9. The van der Waals surface area contributed by atoms with Crippen molar-refractivity contribution in [2.24, 2.45) is 5.92 Å². The van der Waals surface area contributed by atoms with Crippen LogP contribution in [-0.4, -0.2) is 23.0 Å². The number of carboxylic acids is 1. The Balaban J connectivity index is 2.03. The molecule has 6 heteroatoms. The predicted octanol–water partition coefficient (Wildman–Crippen LogP) is 2.66. The van der Waals surface area contributed by atoms with Gasteiger partial charge in [0, 0.05) is 11.6 Å². The largest absolute Gasteiger partial charge is 0.481 e. The lowest BCUT2D eigenvalue weighted by molar-refractivity contribution is -0.143. The number of hydrogen-bond donors (Lipinski definition) is 2. The van der Waals surface area contributed by atoms with E-state index in [1.807, 2.05) is 0 Å². The number of halogens is 2. The second-order valence-corrected chi connectivity index (χ2v) is 5.67. The average molecular weight is 311 g/mol. The van der Waals surface area contributed by atoms with Gasteiger partial charge < -0.3 is 10.4 Å². The topological polar surface area (TPSA) is 66.4 Å². The summed E-state index contributed by atoms with van der Waals surface area (Å²) in [7, 11) is 0. The highest BCUT2D eigenvalue weighted by atomic mass is 19.1. The quantitative estimate of drug-likeness (QED) is 0.840. The van der Waals surface area contributed by atoms with Crippen LogP contribution in [0.5, 0.6) is 0 Å². The molecular formula is C16H19F2NO3. The molecule has 0 saturated heterocycles. The second-order valence-electron chi connectivity index (χ2n) is 5.67. The van der Waals surface area contributed by atoms with Crippen molar-refractivity contribution in [3.63, 3.8) is 0 Å². The van der Waals surface area contributed by atoms with Crippen LogP contribution in [0.15, 0.2) is 18.2 Å². The fraction of sp³-hybridized carbons (Fsp3) is 0.500. The maximum atomic E-state index is 13.5. The highest BCUT2D eigenvalue weighted by Gasteiger charge is 2.30. The van der Waals surface area contributed by atoms with E-state index in [0.29, 0.717) is 12.8 Å². The minimum absolute atomic E-state index is 0.0296. The SMILES string of the molecule is O=C(Cc1cc(F)ccc1F)N[C@@H]1CCCCC[C@@H]1C(=O)O. The number of hydrogen-bond acceptors (Lipinski definition) is 2. The summed E-state index contributed by atoms with van der Waals surface area (Å²) in [4.78, 5) is 23.3. The first-order valence-corrected chi connectivity index (χ1v) is 7.43. The zero-order valence-electron chi connectivity index (χ0n) is 12.1. The van der Waals surface area contributed by atoms with E-state index in [4.69, 9.17) is 0 Å². The van der Waals surface area contributed by atoms with Crippen LogP contribution in [-0.2, 0) is 16.0 Å². The molecule has 0 bridgehead atoms. The molecule has 0 aromatic heterocycles. The summed E-state index contributed by atoms with van der Waals surface area (Å²) in [5.74, 6) is -3.29. The van der Waals surface area contributed by atoms with Crippen LogP contribution in [0.2, 0.25) is 0 Å². The monoisotopic (exact) mass is 311 g/mol. The molecule has 0 heterocycles. The summed E-state index contributed by atoms with van der Waals surface area (Å²) in [5.41, 5.74) is -0.0296. The molecule has 22 heavy (non-hydrogen) atoms. The third-order valence-corrected chi connectivity index (χ3v) is 4.04. The van der Waals surface area contributed by atoms with Crippen LogP contribution in [0.4, 0.5) is 8.78 Å². The zero-order valence-corrected chi connectivity index (χ0v) is 12.1. The van der Waals surface area contributed by atoms with Crippen LogP contribution < -0.4 is 5.32 Å². The second kappa shape index (κ2) is 7.33. The Hall–Kier alpha value is -1.98. The van der Waals surface area contributed by atoms with E-state index >= 15 is 0 Å². The van der Waals surface area contributed by atoms with Crippen molar-refractivity contribution in [1.82, 2.24) is 5.32 Å². The van der Waals surface area contributed by atoms with Crippen LogP contribution in [0, 0.1) is 17.6 Å². The number of aliphatic carboxylic acids is 1. The number of rotatable bonds is 4. The van der Waals surface area contributed by atoms with Gasteiger partial charge in [0.1, 0.15) is 11.6 Å². The van der Waals surface area contributed by atoms with Gasteiger partial charge in [-0.05, 0) is 31.0 Å². The van der Waals surface area contributed by atoms with E-state index in [9.17, 15) is 23.5 Å². The first-order valence-electron chi connectivity index (χ1n) is 7.43. The number of carbonyl (C=O) groups excluding carboxylic acids is 1. The van der Waals surface area contributed by atoms with Crippen molar-refractivity contribution < 1.29 is 23.5 Å². The van der Waals surface area contributed by atoms with Gasteiger partial charge in [0.05, 0.1) is 12.3 Å². The molecule has 4 nitrogen and oxygen atoms in total. The van der Waals surface area contributed by atoms with Crippen molar-refractivity contribution in [2.75, 3.05) is 0 Å². The summed E-state index contributed by atoms with van der Waals surface area (Å²) in [5, 5.41) is 11.9. The van der Waals surface area contributed by atoms with Gasteiger partial charge in [-0.3, -0.25) is 9.59 Å². The van der Waals surface area contributed by atoms with Crippen molar-refractivity contribution in [3.8, 4) is 0 Å². The van der Waals surface area contributed by atoms with E-state index < -0.39 is 35.5 Å². The molecule has 0 aliphatic heterocycles. The third kappa shape index (κ3) is 4.26. The number of benzene rings is 1. The average Bonchev–Trinajstić information content (AvgIpc) is 2.68. The third-order valence-electron chi connectivity index (χ3n) is 4.04. The Morgan fingerprint density at radius 3 is 2.64 bits per heavy atom. The van der Waals surface area contributed by atoms with Gasteiger partial charge in [0.15, 0.2) is 0 Å². The minimum Gasteiger partial charge on any atom is -0.481 e. The summed E-state index contributed by atoms with van der Waals surface area (Å²) in [6.45, 7) is 0. The summed E-state index contributed by atoms with van der Waals surface area (Å²) in [6.07, 6.45) is 3.43. The van der Waals surface area contributed by atoms with E-state index in [1.54, 1.807) is 0 Å². The number of nitrogens with one attached hydrogen (secondary N) is 1. The molecule has 120 valence electrons. The highest BCUT2D eigenvalue weighted by molar-refractivity contribution is 5.80. The van der Waals surface area contributed by atoms with E-state index in [0.717, 1.165) is 37.5 Å². The first-order chi connectivity index (χ1) is 10.5. The molecule has 2 atom stereocenters. The maximum Gasteiger partial charge on any atom is 0.308 e. The molecule has 1 aliphatic carbocycles. The van der Waals surface area contributed by atoms with E-state index in [2.05, 4.69) is 5.32 Å². The van der Waals surface area contributed by atoms with Gasteiger partial charge in [-0.1, -0.05) is 19.3 Å². The molecular weight excluding hydrogens is 292 g/mol. The fourth-order valence-electron chi connectivity index (χ4n) is 2.89. The fourth-order valence-corrected chi connectivity index (χ4v) is 2.89. The van der Waals surface area contributed by atoms with Gasteiger partial charge in [0.2, 0.25) is 5.91 Å². The molecule has 2 rings (SSSR count). The van der Waals surface area contributed by atoms with Gasteiger partial charge in [-0.25, -0.2) is 8.78 Å². The number of carbonyl (C=O) groups is 2. The lowest BCUT2D eigenvalue weighted by Gasteiger charge is -2.23.